The summed E-state index contributed by atoms with van der Waals surface area (Å²) >= 11 is 0. The van der Waals surface area contributed by atoms with Crippen LogP contribution in [0.4, 0.5) is 0 Å². The second-order valence-electron chi connectivity index (χ2n) is 6.07. The standard InChI is InChI=1S/C12H22O11.C3H4O2/c13-1-3-5(15)6(16)9(19)12(22-3)23-10-4(2-14)21-11(20)8(18)7(10)17;1-2-3(4)5/h3-20H,1-2H2;2H,1H2,(H,4,5)/t3-,4-,5+,6+,7-,8-,9-,10-,11?,12+;/m1./s1. The Hall–Kier alpha value is -1.23. The van der Waals surface area contributed by atoms with E-state index in [1.54, 1.807) is 0 Å². The molecular weight excluding hydrogens is 388 g/mol. The summed E-state index contributed by atoms with van der Waals surface area (Å²) in [6.45, 7) is 1.62. The first-order chi connectivity index (χ1) is 13.1. The lowest BCUT2D eigenvalue weighted by atomic mass is 9.97. The number of ether oxygens (including phenoxy) is 3. The van der Waals surface area contributed by atoms with Gasteiger partial charge in [0.1, 0.15) is 48.8 Å². The van der Waals surface area contributed by atoms with E-state index in [2.05, 4.69) is 6.58 Å². The van der Waals surface area contributed by atoms with E-state index in [-0.39, 0.29) is 0 Å². The summed E-state index contributed by atoms with van der Waals surface area (Å²) in [6.07, 6.45) is -14.7. The number of rotatable bonds is 5. The predicted molar refractivity (Wildman–Crippen MR) is 86.5 cm³/mol. The quantitative estimate of drug-likeness (QED) is 0.192. The average molecular weight is 414 g/mol. The largest absolute Gasteiger partial charge is 0.478 e. The van der Waals surface area contributed by atoms with E-state index in [0.717, 1.165) is 6.08 Å². The van der Waals surface area contributed by atoms with Crippen molar-refractivity contribution in [3.63, 3.8) is 0 Å². The lowest BCUT2D eigenvalue weighted by molar-refractivity contribution is -0.355. The molecule has 13 nitrogen and oxygen atoms in total. The van der Waals surface area contributed by atoms with E-state index in [0.29, 0.717) is 0 Å². The predicted octanol–water partition coefficient (Wildman–Crippen LogP) is -5.14. The Bertz CT molecular complexity index is 498. The molecule has 2 aliphatic heterocycles. The lowest BCUT2D eigenvalue weighted by Crippen LogP contribution is -2.64. The van der Waals surface area contributed by atoms with Crippen molar-refractivity contribution in [3.05, 3.63) is 12.7 Å². The molecule has 10 atom stereocenters. The second kappa shape index (κ2) is 11.1. The van der Waals surface area contributed by atoms with E-state index in [4.69, 9.17) is 24.4 Å². The minimum Gasteiger partial charge on any atom is -0.478 e. The van der Waals surface area contributed by atoms with Crippen molar-refractivity contribution in [1.82, 2.24) is 0 Å². The Morgan fingerprint density at radius 1 is 0.857 bits per heavy atom. The Morgan fingerprint density at radius 3 is 1.86 bits per heavy atom. The fraction of sp³-hybridized carbons (Fsp3) is 0.800. The van der Waals surface area contributed by atoms with Gasteiger partial charge in [-0.3, -0.25) is 0 Å². The molecule has 0 spiro atoms. The Labute approximate surface area is 159 Å². The molecule has 164 valence electrons. The summed E-state index contributed by atoms with van der Waals surface area (Å²) < 4.78 is 15.3. The number of aliphatic hydroxyl groups is 8. The summed E-state index contributed by atoms with van der Waals surface area (Å²) in [6, 6.07) is 0. The molecule has 2 aliphatic rings. The van der Waals surface area contributed by atoms with Gasteiger partial charge in [-0.15, -0.1) is 0 Å². The maximum absolute atomic E-state index is 9.94. The molecule has 0 radical (unpaired) electrons. The van der Waals surface area contributed by atoms with Gasteiger partial charge in [0.05, 0.1) is 13.2 Å². The number of carboxylic acid groups (broad SMARTS) is 1. The van der Waals surface area contributed by atoms with Crippen molar-refractivity contribution in [2.24, 2.45) is 0 Å². The fourth-order valence-corrected chi connectivity index (χ4v) is 2.57. The highest BCUT2D eigenvalue weighted by molar-refractivity contribution is 5.78. The van der Waals surface area contributed by atoms with Crippen LogP contribution in [-0.2, 0) is 19.0 Å². The van der Waals surface area contributed by atoms with Crippen molar-refractivity contribution < 1.29 is 65.0 Å². The van der Waals surface area contributed by atoms with Gasteiger partial charge in [0.15, 0.2) is 12.6 Å². The Balaban J connectivity index is 0.000000696. The molecule has 0 saturated carbocycles. The summed E-state index contributed by atoms with van der Waals surface area (Å²) in [7, 11) is 0. The van der Waals surface area contributed by atoms with E-state index in [1.807, 2.05) is 0 Å². The van der Waals surface area contributed by atoms with Crippen LogP contribution >= 0.6 is 0 Å². The molecule has 1 unspecified atom stereocenters. The molecule has 2 rings (SSSR count). The summed E-state index contributed by atoms with van der Waals surface area (Å²) in [5, 5.41) is 84.1. The molecule has 0 amide bonds. The van der Waals surface area contributed by atoms with Crippen LogP contribution in [0.15, 0.2) is 12.7 Å². The van der Waals surface area contributed by atoms with Gasteiger partial charge >= 0.3 is 5.97 Å². The Morgan fingerprint density at radius 2 is 1.39 bits per heavy atom. The molecule has 0 aliphatic carbocycles. The third kappa shape index (κ3) is 5.88. The molecule has 0 aromatic heterocycles. The molecule has 0 aromatic rings. The highest BCUT2D eigenvalue weighted by Crippen LogP contribution is 2.28. The molecular formula is C15H26O13. The van der Waals surface area contributed by atoms with Gasteiger partial charge in [-0.25, -0.2) is 4.79 Å². The van der Waals surface area contributed by atoms with Gasteiger partial charge in [0.25, 0.3) is 0 Å². The monoisotopic (exact) mass is 414 g/mol. The summed E-state index contributed by atoms with van der Waals surface area (Å²) in [5.41, 5.74) is 0. The topological polar surface area (TPSA) is 227 Å². The second-order valence-corrected chi connectivity index (χ2v) is 6.07. The zero-order valence-electron chi connectivity index (χ0n) is 14.6. The molecule has 0 aromatic carbocycles. The minimum atomic E-state index is -1.74. The van der Waals surface area contributed by atoms with Crippen LogP contribution in [0.5, 0.6) is 0 Å². The van der Waals surface area contributed by atoms with Crippen molar-refractivity contribution in [2.75, 3.05) is 13.2 Å². The molecule has 28 heavy (non-hydrogen) atoms. The van der Waals surface area contributed by atoms with E-state index < -0.39 is 80.6 Å². The van der Waals surface area contributed by atoms with Gasteiger partial charge in [0.2, 0.25) is 0 Å². The van der Waals surface area contributed by atoms with Crippen LogP contribution in [0.25, 0.3) is 0 Å². The highest BCUT2D eigenvalue weighted by atomic mass is 16.7. The number of hydrogen-bond acceptors (Lipinski definition) is 12. The minimum absolute atomic E-state index is 0.667. The Kier molecular flexibility index (Phi) is 9.82. The lowest BCUT2D eigenvalue weighted by Gasteiger charge is -2.45. The number of carbonyl (C=O) groups is 1. The van der Waals surface area contributed by atoms with Crippen molar-refractivity contribution in [3.8, 4) is 0 Å². The smallest absolute Gasteiger partial charge is 0.327 e. The molecule has 0 bridgehead atoms. The number of carboxylic acids is 1. The maximum Gasteiger partial charge on any atom is 0.327 e. The first-order valence-electron chi connectivity index (χ1n) is 8.20. The summed E-state index contributed by atoms with van der Waals surface area (Å²) in [5.74, 6) is -0.981. The number of hydrogen-bond donors (Lipinski definition) is 9. The molecule has 2 fully saturated rings. The normalized spacial score (nSPS) is 43.6. The third-order valence-corrected chi connectivity index (χ3v) is 4.15. The van der Waals surface area contributed by atoms with E-state index >= 15 is 0 Å². The fourth-order valence-electron chi connectivity index (χ4n) is 2.57. The third-order valence-electron chi connectivity index (χ3n) is 4.15. The van der Waals surface area contributed by atoms with Crippen LogP contribution in [0.1, 0.15) is 0 Å². The average Bonchev–Trinajstić information content (AvgIpc) is 2.68. The molecule has 2 saturated heterocycles. The van der Waals surface area contributed by atoms with Crippen LogP contribution < -0.4 is 0 Å². The van der Waals surface area contributed by atoms with Gasteiger partial charge in [-0.1, -0.05) is 6.58 Å². The molecule has 9 N–H and O–H groups in total. The van der Waals surface area contributed by atoms with E-state index in [9.17, 15) is 40.5 Å². The highest BCUT2D eigenvalue weighted by Gasteiger charge is 2.50. The molecule has 2 heterocycles. The van der Waals surface area contributed by atoms with Crippen molar-refractivity contribution in [2.45, 2.75) is 61.4 Å². The van der Waals surface area contributed by atoms with Gasteiger partial charge < -0.3 is 60.2 Å². The van der Waals surface area contributed by atoms with Crippen LogP contribution in [0.3, 0.4) is 0 Å². The van der Waals surface area contributed by atoms with Crippen LogP contribution in [0, 0.1) is 0 Å². The first-order valence-corrected chi connectivity index (χ1v) is 8.20. The number of aliphatic carboxylic acids is 1. The van der Waals surface area contributed by atoms with Gasteiger partial charge in [0, 0.05) is 6.08 Å². The van der Waals surface area contributed by atoms with E-state index in [1.165, 1.54) is 0 Å². The number of aliphatic hydroxyl groups excluding tert-OH is 8. The zero-order chi connectivity index (χ0) is 21.6. The zero-order valence-corrected chi connectivity index (χ0v) is 14.6. The van der Waals surface area contributed by atoms with Gasteiger partial charge in [-0.05, 0) is 0 Å². The first kappa shape index (κ1) is 24.8. The molecule has 13 heteroatoms. The van der Waals surface area contributed by atoms with Gasteiger partial charge in [-0.2, -0.15) is 0 Å². The van der Waals surface area contributed by atoms with Crippen LogP contribution in [-0.4, -0.2) is 127 Å². The maximum atomic E-state index is 9.94. The SMILES string of the molecule is C=CC(=O)O.OC[C@H]1O[C@@H](O[C@H]2[C@H](O)[C@@H](O)C(O)O[C@@H]2CO)[C@H](O)[C@@H](O)[C@H]1O. The van der Waals surface area contributed by atoms with Crippen molar-refractivity contribution in [1.29, 1.82) is 0 Å². The van der Waals surface area contributed by atoms with Crippen molar-refractivity contribution >= 4 is 5.97 Å². The summed E-state index contributed by atoms with van der Waals surface area (Å²) in [4.78, 5) is 9.25. The van der Waals surface area contributed by atoms with Crippen LogP contribution in [0.2, 0.25) is 0 Å².